The molecule has 1 fully saturated rings. The Kier molecular flexibility index (Phi) is 5.11. The van der Waals surface area contributed by atoms with Gasteiger partial charge in [-0.05, 0) is 56.2 Å². The molecule has 2 aromatic rings. The van der Waals surface area contributed by atoms with Gasteiger partial charge in [0.25, 0.3) is 0 Å². The SMILES string of the molecule is CCOc1ccc(NC(=O)C2(C(=O)Nc3cccc(OC)c3)CC2)cc1. The van der Waals surface area contributed by atoms with Crippen LogP contribution < -0.4 is 20.1 Å². The summed E-state index contributed by atoms with van der Waals surface area (Å²) >= 11 is 0. The van der Waals surface area contributed by atoms with Crippen LogP contribution in [-0.4, -0.2) is 25.5 Å². The van der Waals surface area contributed by atoms with Crippen molar-refractivity contribution in [1.82, 2.24) is 0 Å². The zero-order chi connectivity index (χ0) is 18.6. The molecule has 0 aromatic heterocycles. The molecule has 0 spiro atoms. The first-order chi connectivity index (χ1) is 12.6. The van der Waals surface area contributed by atoms with Gasteiger partial charge in [0.15, 0.2) is 0 Å². The molecule has 0 heterocycles. The van der Waals surface area contributed by atoms with Crippen molar-refractivity contribution in [3.05, 3.63) is 48.5 Å². The average Bonchev–Trinajstić information content (AvgIpc) is 3.46. The smallest absolute Gasteiger partial charge is 0.240 e. The quantitative estimate of drug-likeness (QED) is 0.747. The van der Waals surface area contributed by atoms with Gasteiger partial charge in [0, 0.05) is 17.4 Å². The molecule has 6 nitrogen and oxygen atoms in total. The number of hydrogen-bond acceptors (Lipinski definition) is 4. The van der Waals surface area contributed by atoms with Crippen LogP contribution in [0.5, 0.6) is 11.5 Å². The number of amides is 2. The third kappa shape index (κ3) is 3.79. The molecule has 1 aliphatic rings. The van der Waals surface area contributed by atoms with Crippen LogP contribution in [0.25, 0.3) is 0 Å². The number of carbonyl (C=O) groups is 2. The van der Waals surface area contributed by atoms with E-state index in [-0.39, 0.29) is 11.8 Å². The van der Waals surface area contributed by atoms with Crippen LogP contribution in [0.3, 0.4) is 0 Å². The zero-order valence-electron chi connectivity index (χ0n) is 14.9. The Balaban J connectivity index is 1.65. The van der Waals surface area contributed by atoms with Crippen molar-refractivity contribution in [2.75, 3.05) is 24.4 Å². The minimum Gasteiger partial charge on any atom is -0.497 e. The summed E-state index contributed by atoms with van der Waals surface area (Å²) in [5, 5.41) is 5.64. The Bertz CT molecular complexity index is 798. The maximum Gasteiger partial charge on any atom is 0.240 e. The van der Waals surface area contributed by atoms with E-state index in [1.54, 1.807) is 55.6 Å². The first-order valence-electron chi connectivity index (χ1n) is 8.57. The summed E-state index contributed by atoms with van der Waals surface area (Å²) in [4.78, 5) is 25.3. The topological polar surface area (TPSA) is 76.7 Å². The predicted octanol–water partition coefficient (Wildman–Crippen LogP) is 3.45. The third-order valence-corrected chi connectivity index (χ3v) is 4.37. The fourth-order valence-electron chi connectivity index (χ4n) is 2.69. The molecule has 1 saturated carbocycles. The highest BCUT2D eigenvalue weighted by atomic mass is 16.5. The van der Waals surface area contributed by atoms with Gasteiger partial charge in [0.1, 0.15) is 16.9 Å². The van der Waals surface area contributed by atoms with Crippen LogP contribution in [0.2, 0.25) is 0 Å². The van der Waals surface area contributed by atoms with Gasteiger partial charge in [-0.1, -0.05) is 6.07 Å². The van der Waals surface area contributed by atoms with Gasteiger partial charge in [0.2, 0.25) is 11.8 Å². The Hall–Kier alpha value is -3.02. The number of ether oxygens (including phenoxy) is 2. The molecule has 0 aliphatic heterocycles. The van der Waals surface area contributed by atoms with E-state index in [9.17, 15) is 9.59 Å². The number of benzene rings is 2. The monoisotopic (exact) mass is 354 g/mol. The van der Waals surface area contributed by atoms with Gasteiger partial charge >= 0.3 is 0 Å². The highest BCUT2D eigenvalue weighted by Gasteiger charge is 2.56. The molecule has 0 bridgehead atoms. The molecule has 26 heavy (non-hydrogen) atoms. The lowest BCUT2D eigenvalue weighted by molar-refractivity contribution is -0.131. The first kappa shape index (κ1) is 17.8. The molecule has 0 atom stereocenters. The Morgan fingerprint density at radius 3 is 2.19 bits per heavy atom. The van der Waals surface area contributed by atoms with Crippen molar-refractivity contribution in [2.24, 2.45) is 5.41 Å². The molecule has 3 rings (SSSR count). The van der Waals surface area contributed by atoms with Gasteiger partial charge in [0.05, 0.1) is 13.7 Å². The predicted molar refractivity (Wildman–Crippen MR) is 99.5 cm³/mol. The van der Waals surface area contributed by atoms with Crippen LogP contribution in [0.4, 0.5) is 11.4 Å². The minimum atomic E-state index is -1.01. The molecular formula is C20H22N2O4. The van der Waals surface area contributed by atoms with Crippen LogP contribution in [-0.2, 0) is 9.59 Å². The van der Waals surface area contributed by atoms with Crippen molar-refractivity contribution in [2.45, 2.75) is 19.8 Å². The van der Waals surface area contributed by atoms with E-state index in [0.29, 0.717) is 36.6 Å². The molecule has 6 heteroatoms. The van der Waals surface area contributed by atoms with Gasteiger partial charge in [-0.2, -0.15) is 0 Å². The molecule has 136 valence electrons. The second-order valence-electron chi connectivity index (χ2n) is 6.18. The zero-order valence-corrected chi connectivity index (χ0v) is 14.9. The van der Waals surface area contributed by atoms with E-state index in [2.05, 4.69) is 10.6 Å². The summed E-state index contributed by atoms with van der Waals surface area (Å²) in [6.07, 6.45) is 1.07. The van der Waals surface area contributed by atoms with Gasteiger partial charge < -0.3 is 20.1 Å². The molecule has 0 unspecified atom stereocenters. The van der Waals surface area contributed by atoms with E-state index in [4.69, 9.17) is 9.47 Å². The van der Waals surface area contributed by atoms with E-state index in [0.717, 1.165) is 5.75 Å². The van der Waals surface area contributed by atoms with Crippen molar-refractivity contribution in [3.8, 4) is 11.5 Å². The number of methoxy groups -OCH3 is 1. The van der Waals surface area contributed by atoms with Gasteiger partial charge in [-0.15, -0.1) is 0 Å². The van der Waals surface area contributed by atoms with E-state index < -0.39 is 5.41 Å². The van der Waals surface area contributed by atoms with E-state index >= 15 is 0 Å². The Morgan fingerprint density at radius 2 is 1.62 bits per heavy atom. The number of anilines is 2. The van der Waals surface area contributed by atoms with Crippen LogP contribution in [0.1, 0.15) is 19.8 Å². The second-order valence-corrected chi connectivity index (χ2v) is 6.18. The van der Waals surface area contributed by atoms with Crippen molar-refractivity contribution in [3.63, 3.8) is 0 Å². The number of hydrogen-bond donors (Lipinski definition) is 2. The first-order valence-corrected chi connectivity index (χ1v) is 8.57. The molecule has 2 N–H and O–H groups in total. The van der Waals surface area contributed by atoms with E-state index in [1.165, 1.54) is 0 Å². The lowest BCUT2D eigenvalue weighted by Gasteiger charge is -2.16. The second kappa shape index (κ2) is 7.47. The van der Waals surface area contributed by atoms with Crippen molar-refractivity contribution < 1.29 is 19.1 Å². The fourth-order valence-corrected chi connectivity index (χ4v) is 2.69. The lowest BCUT2D eigenvalue weighted by atomic mass is 10.0. The highest BCUT2D eigenvalue weighted by molar-refractivity contribution is 6.16. The van der Waals surface area contributed by atoms with Crippen molar-refractivity contribution >= 4 is 23.2 Å². The molecule has 2 aromatic carbocycles. The fraction of sp³-hybridized carbons (Fsp3) is 0.300. The van der Waals surface area contributed by atoms with Gasteiger partial charge in [-0.25, -0.2) is 0 Å². The minimum absolute atomic E-state index is 0.290. The number of nitrogens with one attached hydrogen (secondary N) is 2. The summed E-state index contributed by atoms with van der Waals surface area (Å²) in [6, 6.07) is 14.2. The maximum absolute atomic E-state index is 12.6. The van der Waals surface area contributed by atoms with Crippen LogP contribution in [0.15, 0.2) is 48.5 Å². The van der Waals surface area contributed by atoms with Crippen molar-refractivity contribution in [1.29, 1.82) is 0 Å². The van der Waals surface area contributed by atoms with E-state index in [1.807, 2.05) is 6.92 Å². The number of rotatable bonds is 7. The Morgan fingerprint density at radius 1 is 0.962 bits per heavy atom. The normalized spacial score (nSPS) is 14.2. The highest BCUT2D eigenvalue weighted by Crippen LogP contribution is 2.47. The lowest BCUT2D eigenvalue weighted by Crippen LogP contribution is -2.35. The number of carbonyl (C=O) groups excluding carboxylic acids is 2. The molecule has 0 saturated heterocycles. The summed E-state index contributed by atoms with van der Waals surface area (Å²) in [7, 11) is 1.56. The summed E-state index contributed by atoms with van der Waals surface area (Å²) in [5.74, 6) is 0.796. The molecular weight excluding hydrogens is 332 g/mol. The Labute approximate surface area is 152 Å². The summed E-state index contributed by atoms with van der Waals surface area (Å²) < 4.78 is 10.5. The third-order valence-electron chi connectivity index (χ3n) is 4.37. The summed E-state index contributed by atoms with van der Waals surface area (Å²) in [5.41, 5.74) is 0.232. The van der Waals surface area contributed by atoms with Crippen LogP contribution >= 0.6 is 0 Å². The largest absolute Gasteiger partial charge is 0.497 e. The summed E-state index contributed by atoms with van der Waals surface area (Å²) in [6.45, 7) is 2.49. The molecule has 0 radical (unpaired) electrons. The maximum atomic E-state index is 12.6. The van der Waals surface area contributed by atoms with Gasteiger partial charge in [-0.3, -0.25) is 9.59 Å². The standard InChI is InChI=1S/C20H22N2O4/c1-3-26-16-9-7-14(8-10-16)21-18(23)20(11-12-20)19(24)22-15-5-4-6-17(13-15)25-2/h4-10,13H,3,11-12H2,1-2H3,(H,21,23)(H,22,24). The molecule has 2 amide bonds. The average molecular weight is 354 g/mol. The molecule has 1 aliphatic carbocycles. The van der Waals surface area contributed by atoms with Crippen LogP contribution in [0, 0.1) is 5.41 Å².